The SMILES string of the molecule is CN(C(=O)c1cccc2[nH]ccc12)C(CCNC(=O)c1ccccn1)Cc1ccccc1. The number of H-pyrrole nitrogens is 1. The topological polar surface area (TPSA) is 78.1 Å². The second kappa shape index (κ2) is 9.92. The van der Waals surface area contributed by atoms with Gasteiger partial charge in [0.1, 0.15) is 5.69 Å². The van der Waals surface area contributed by atoms with Crippen LogP contribution < -0.4 is 5.32 Å². The number of amides is 2. The maximum absolute atomic E-state index is 13.4. The number of carbonyl (C=O) groups is 2. The summed E-state index contributed by atoms with van der Waals surface area (Å²) >= 11 is 0. The molecule has 6 heteroatoms. The van der Waals surface area contributed by atoms with E-state index in [2.05, 4.69) is 27.4 Å². The van der Waals surface area contributed by atoms with Gasteiger partial charge in [-0.25, -0.2) is 0 Å². The molecule has 2 amide bonds. The second-order valence-corrected chi connectivity index (χ2v) is 7.76. The van der Waals surface area contributed by atoms with Gasteiger partial charge in [-0.3, -0.25) is 14.6 Å². The minimum absolute atomic E-state index is 0.0350. The third-order valence-corrected chi connectivity index (χ3v) is 5.67. The zero-order valence-corrected chi connectivity index (χ0v) is 18.0. The van der Waals surface area contributed by atoms with Crippen LogP contribution in [0, 0.1) is 0 Å². The molecule has 0 bridgehead atoms. The van der Waals surface area contributed by atoms with Gasteiger partial charge < -0.3 is 15.2 Å². The molecule has 6 nitrogen and oxygen atoms in total. The average molecular weight is 427 g/mol. The lowest BCUT2D eigenvalue weighted by Crippen LogP contribution is -2.41. The van der Waals surface area contributed by atoms with E-state index in [-0.39, 0.29) is 17.9 Å². The summed E-state index contributed by atoms with van der Waals surface area (Å²) in [5, 5.41) is 3.84. The van der Waals surface area contributed by atoms with Crippen molar-refractivity contribution >= 4 is 22.7 Å². The molecule has 2 heterocycles. The van der Waals surface area contributed by atoms with Crippen LogP contribution in [-0.2, 0) is 6.42 Å². The molecule has 2 N–H and O–H groups in total. The molecule has 1 unspecified atom stereocenters. The number of likely N-dealkylation sites (N-methyl/N-ethyl adjacent to an activating group) is 1. The number of benzene rings is 2. The third kappa shape index (κ3) is 4.86. The van der Waals surface area contributed by atoms with Crippen molar-refractivity contribution in [3.63, 3.8) is 0 Å². The number of aromatic amines is 1. The number of fused-ring (bicyclic) bond motifs is 1. The molecule has 0 aliphatic carbocycles. The number of hydrogen-bond acceptors (Lipinski definition) is 3. The Hall–Kier alpha value is -3.93. The molecule has 4 rings (SSSR count). The summed E-state index contributed by atoms with van der Waals surface area (Å²) in [4.78, 5) is 34.8. The Morgan fingerprint density at radius 3 is 2.59 bits per heavy atom. The van der Waals surface area contributed by atoms with Crippen LogP contribution in [0.4, 0.5) is 0 Å². The van der Waals surface area contributed by atoms with Gasteiger partial charge in [0.15, 0.2) is 0 Å². The fourth-order valence-corrected chi connectivity index (χ4v) is 3.89. The number of nitrogens with one attached hydrogen (secondary N) is 2. The zero-order chi connectivity index (χ0) is 22.3. The monoisotopic (exact) mass is 426 g/mol. The highest BCUT2D eigenvalue weighted by Gasteiger charge is 2.23. The molecule has 1 atom stereocenters. The Bertz CT molecular complexity index is 1190. The van der Waals surface area contributed by atoms with E-state index in [1.807, 2.05) is 55.7 Å². The molecular weight excluding hydrogens is 400 g/mol. The van der Waals surface area contributed by atoms with Crippen molar-refractivity contribution in [1.82, 2.24) is 20.2 Å². The molecule has 0 saturated carbocycles. The summed E-state index contributed by atoms with van der Waals surface area (Å²) in [7, 11) is 1.84. The van der Waals surface area contributed by atoms with E-state index in [1.54, 1.807) is 29.3 Å². The Labute approximate surface area is 187 Å². The van der Waals surface area contributed by atoms with Crippen LogP contribution in [0.15, 0.2) is 85.2 Å². The third-order valence-electron chi connectivity index (χ3n) is 5.67. The molecule has 0 aliphatic rings. The van der Waals surface area contributed by atoms with Gasteiger partial charge in [-0.15, -0.1) is 0 Å². The van der Waals surface area contributed by atoms with Crippen molar-refractivity contribution in [2.24, 2.45) is 0 Å². The summed E-state index contributed by atoms with van der Waals surface area (Å²) in [6.07, 6.45) is 4.77. The van der Waals surface area contributed by atoms with Gasteiger partial charge >= 0.3 is 0 Å². The molecule has 0 saturated heterocycles. The average Bonchev–Trinajstić information content (AvgIpc) is 3.33. The van der Waals surface area contributed by atoms with Crippen LogP contribution in [0.2, 0.25) is 0 Å². The zero-order valence-electron chi connectivity index (χ0n) is 18.0. The first-order valence-corrected chi connectivity index (χ1v) is 10.7. The van der Waals surface area contributed by atoms with Crippen LogP contribution in [0.5, 0.6) is 0 Å². The lowest BCUT2D eigenvalue weighted by molar-refractivity contribution is 0.0725. The fourth-order valence-electron chi connectivity index (χ4n) is 3.89. The van der Waals surface area contributed by atoms with Gasteiger partial charge in [0.05, 0.1) is 0 Å². The predicted octanol–water partition coefficient (Wildman–Crippen LogP) is 4.07. The summed E-state index contributed by atoms with van der Waals surface area (Å²) in [6, 6.07) is 22.9. The smallest absolute Gasteiger partial charge is 0.269 e. The van der Waals surface area contributed by atoms with Crippen LogP contribution in [-0.4, -0.2) is 46.3 Å². The van der Waals surface area contributed by atoms with E-state index in [0.29, 0.717) is 30.6 Å². The molecular formula is C26H26N4O2. The van der Waals surface area contributed by atoms with Crippen molar-refractivity contribution < 1.29 is 9.59 Å². The molecule has 0 spiro atoms. The number of pyridine rings is 1. The Kier molecular flexibility index (Phi) is 6.60. The molecule has 162 valence electrons. The highest BCUT2D eigenvalue weighted by molar-refractivity contribution is 6.06. The minimum atomic E-state index is -0.213. The normalized spacial score (nSPS) is 11.8. The molecule has 0 fully saturated rings. The summed E-state index contributed by atoms with van der Waals surface area (Å²) in [6.45, 7) is 0.443. The van der Waals surface area contributed by atoms with Crippen LogP contribution >= 0.6 is 0 Å². The lowest BCUT2D eigenvalue weighted by atomic mass is 10.0. The first-order chi connectivity index (χ1) is 15.6. The van der Waals surface area contributed by atoms with Crippen LogP contribution in [0.3, 0.4) is 0 Å². The van der Waals surface area contributed by atoms with Gasteiger partial charge in [-0.2, -0.15) is 0 Å². The van der Waals surface area contributed by atoms with Crippen LogP contribution in [0.1, 0.15) is 32.8 Å². The van der Waals surface area contributed by atoms with Crippen molar-refractivity contribution in [2.45, 2.75) is 18.9 Å². The summed E-state index contributed by atoms with van der Waals surface area (Å²) < 4.78 is 0. The minimum Gasteiger partial charge on any atom is -0.361 e. The first-order valence-electron chi connectivity index (χ1n) is 10.7. The molecule has 2 aromatic carbocycles. The standard InChI is InChI=1S/C26H26N4O2/c1-30(26(32)22-10-7-12-23-21(22)14-17-28-23)20(18-19-8-3-2-4-9-19)13-16-29-25(31)24-11-5-6-15-27-24/h2-12,14-15,17,20,28H,13,16,18H2,1H3,(H,29,31). The first kappa shape index (κ1) is 21.3. The molecule has 0 radical (unpaired) electrons. The maximum Gasteiger partial charge on any atom is 0.269 e. The number of hydrogen-bond donors (Lipinski definition) is 2. The Morgan fingerprint density at radius 1 is 1.00 bits per heavy atom. The highest BCUT2D eigenvalue weighted by atomic mass is 16.2. The van der Waals surface area contributed by atoms with E-state index < -0.39 is 0 Å². The van der Waals surface area contributed by atoms with Gasteiger partial charge in [0.2, 0.25) is 0 Å². The van der Waals surface area contributed by atoms with Crippen molar-refractivity contribution in [3.8, 4) is 0 Å². The van der Waals surface area contributed by atoms with Crippen molar-refractivity contribution in [2.75, 3.05) is 13.6 Å². The molecule has 0 aliphatic heterocycles. The summed E-state index contributed by atoms with van der Waals surface area (Å²) in [5.41, 5.74) is 3.14. The largest absolute Gasteiger partial charge is 0.361 e. The molecule has 32 heavy (non-hydrogen) atoms. The van der Waals surface area contributed by atoms with Gasteiger partial charge in [-0.1, -0.05) is 42.5 Å². The maximum atomic E-state index is 13.4. The highest BCUT2D eigenvalue weighted by Crippen LogP contribution is 2.21. The van der Waals surface area contributed by atoms with Gasteiger partial charge in [0.25, 0.3) is 11.8 Å². The van der Waals surface area contributed by atoms with Crippen LogP contribution in [0.25, 0.3) is 10.9 Å². The Balaban J connectivity index is 1.50. The fraction of sp³-hybridized carbons (Fsp3) is 0.192. The van der Waals surface area contributed by atoms with E-state index in [4.69, 9.17) is 0 Å². The van der Waals surface area contributed by atoms with Gasteiger partial charge in [0, 0.05) is 48.5 Å². The molecule has 2 aromatic heterocycles. The van der Waals surface area contributed by atoms with E-state index in [0.717, 1.165) is 16.5 Å². The van der Waals surface area contributed by atoms with Crippen molar-refractivity contribution in [3.05, 3.63) is 102 Å². The second-order valence-electron chi connectivity index (χ2n) is 7.76. The number of carbonyl (C=O) groups excluding carboxylic acids is 2. The van der Waals surface area contributed by atoms with E-state index in [9.17, 15) is 9.59 Å². The van der Waals surface area contributed by atoms with E-state index >= 15 is 0 Å². The van der Waals surface area contributed by atoms with Gasteiger partial charge in [-0.05, 0) is 48.7 Å². The lowest BCUT2D eigenvalue weighted by Gasteiger charge is -2.29. The number of nitrogens with zero attached hydrogens (tertiary/aromatic N) is 2. The summed E-state index contributed by atoms with van der Waals surface area (Å²) in [5.74, 6) is -0.248. The number of rotatable bonds is 8. The van der Waals surface area contributed by atoms with E-state index in [1.165, 1.54) is 0 Å². The molecule has 4 aromatic rings. The Morgan fingerprint density at radius 2 is 1.81 bits per heavy atom. The van der Waals surface area contributed by atoms with Crippen molar-refractivity contribution in [1.29, 1.82) is 0 Å². The number of aromatic nitrogens is 2. The predicted molar refractivity (Wildman–Crippen MR) is 126 cm³/mol. The quantitative estimate of drug-likeness (QED) is 0.446.